The fraction of sp³-hybridized carbons (Fsp3) is 0.211. The third kappa shape index (κ3) is 2.81. The van der Waals surface area contributed by atoms with Gasteiger partial charge in [-0.1, -0.05) is 42.0 Å². The molecule has 1 aromatic heterocycles. The van der Waals surface area contributed by atoms with E-state index in [1.807, 2.05) is 14.0 Å². The van der Waals surface area contributed by atoms with Crippen molar-refractivity contribution in [2.45, 2.75) is 19.9 Å². The van der Waals surface area contributed by atoms with Crippen LogP contribution < -0.4 is 5.32 Å². The van der Waals surface area contributed by atoms with E-state index in [1.165, 1.54) is 22.1 Å². The summed E-state index contributed by atoms with van der Waals surface area (Å²) >= 11 is 0. The Hall–Kier alpha value is -2.19. The minimum absolute atomic E-state index is 0.204. The minimum Gasteiger partial charge on any atom is -0.309 e. The molecule has 2 nitrogen and oxygen atoms in total. The van der Waals surface area contributed by atoms with Crippen LogP contribution in [0.3, 0.4) is 0 Å². The maximum absolute atomic E-state index is 4.57. The van der Waals surface area contributed by atoms with Crippen molar-refractivity contribution in [3.8, 4) is 0 Å². The average Bonchev–Trinajstić information content (AvgIpc) is 2.48. The second-order valence-electron chi connectivity index (χ2n) is 5.54. The Morgan fingerprint density at radius 2 is 1.71 bits per heavy atom. The molecule has 0 aliphatic heterocycles. The molecule has 0 saturated carbocycles. The lowest BCUT2D eigenvalue weighted by atomic mass is 9.96. The summed E-state index contributed by atoms with van der Waals surface area (Å²) in [5.41, 5.74) is 5.95. The normalized spacial score (nSPS) is 12.5. The lowest BCUT2D eigenvalue weighted by molar-refractivity contribution is 0.692. The highest BCUT2D eigenvalue weighted by Crippen LogP contribution is 2.25. The summed E-state index contributed by atoms with van der Waals surface area (Å²) < 4.78 is 0. The van der Waals surface area contributed by atoms with Crippen LogP contribution in [0.1, 0.15) is 28.4 Å². The molecule has 3 rings (SSSR count). The lowest BCUT2D eigenvalue weighted by Crippen LogP contribution is -2.17. The van der Waals surface area contributed by atoms with E-state index in [-0.39, 0.29) is 6.04 Å². The summed E-state index contributed by atoms with van der Waals surface area (Å²) in [6, 6.07) is 19.6. The number of fused-ring (bicyclic) bond motifs is 1. The van der Waals surface area contributed by atoms with Crippen molar-refractivity contribution in [2.75, 3.05) is 7.05 Å². The molecule has 1 atom stereocenters. The third-order valence-electron chi connectivity index (χ3n) is 3.85. The monoisotopic (exact) mass is 276 g/mol. The van der Waals surface area contributed by atoms with Crippen LogP contribution in [0.15, 0.2) is 54.6 Å². The molecule has 106 valence electrons. The van der Waals surface area contributed by atoms with Gasteiger partial charge in [-0.15, -0.1) is 0 Å². The van der Waals surface area contributed by atoms with E-state index in [0.29, 0.717) is 0 Å². The second-order valence-corrected chi connectivity index (χ2v) is 5.54. The van der Waals surface area contributed by atoms with Gasteiger partial charge in [0.2, 0.25) is 0 Å². The van der Waals surface area contributed by atoms with Gasteiger partial charge >= 0.3 is 0 Å². The molecule has 0 fully saturated rings. The van der Waals surface area contributed by atoms with Crippen molar-refractivity contribution in [1.82, 2.24) is 10.3 Å². The third-order valence-corrected chi connectivity index (χ3v) is 3.85. The Bertz CT molecular complexity index is 777. The average molecular weight is 276 g/mol. The summed E-state index contributed by atoms with van der Waals surface area (Å²) in [6.45, 7) is 4.15. The maximum Gasteiger partial charge on any atom is 0.0705 e. The van der Waals surface area contributed by atoms with Gasteiger partial charge < -0.3 is 5.32 Å². The van der Waals surface area contributed by atoms with Crippen LogP contribution in [0.2, 0.25) is 0 Å². The number of benzene rings is 2. The number of hydrogen-bond donors (Lipinski definition) is 1. The molecule has 1 N–H and O–H groups in total. The molecule has 1 unspecified atom stereocenters. The van der Waals surface area contributed by atoms with E-state index in [4.69, 9.17) is 0 Å². The van der Waals surface area contributed by atoms with Crippen LogP contribution in [0.25, 0.3) is 10.9 Å². The Morgan fingerprint density at radius 1 is 0.905 bits per heavy atom. The van der Waals surface area contributed by atoms with Crippen LogP contribution >= 0.6 is 0 Å². The molecular formula is C19H20N2. The zero-order chi connectivity index (χ0) is 14.8. The Kier molecular flexibility index (Phi) is 3.72. The summed E-state index contributed by atoms with van der Waals surface area (Å²) in [7, 11) is 2.00. The zero-order valence-corrected chi connectivity index (χ0v) is 12.7. The van der Waals surface area contributed by atoms with Crippen molar-refractivity contribution < 1.29 is 0 Å². The van der Waals surface area contributed by atoms with Gasteiger partial charge in [0.05, 0.1) is 11.6 Å². The van der Waals surface area contributed by atoms with E-state index in [9.17, 15) is 0 Å². The highest BCUT2D eigenvalue weighted by atomic mass is 14.9. The quantitative estimate of drug-likeness (QED) is 0.777. The van der Waals surface area contributed by atoms with Crippen molar-refractivity contribution in [3.63, 3.8) is 0 Å². The largest absolute Gasteiger partial charge is 0.309 e. The van der Waals surface area contributed by atoms with Crippen molar-refractivity contribution in [2.24, 2.45) is 0 Å². The lowest BCUT2D eigenvalue weighted by Gasteiger charge is -2.18. The zero-order valence-electron chi connectivity index (χ0n) is 12.7. The van der Waals surface area contributed by atoms with Gasteiger partial charge in [0.15, 0.2) is 0 Å². The first-order chi connectivity index (χ1) is 10.2. The summed E-state index contributed by atoms with van der Waals surface area (Å²) in [6.07, 6.45) is 0. The molecule has 2 aromatic carbocycles. The highest BCUT2D eigenvalue weighted by molar-refractivity contribution is 5.79. The predicted octanol–water partition coefficient (Wildman–Crippen LogP) is 4.16. The molecule has 21 heavy (non-hydrogen) atoms. The molecule has 0 saturated heterocycles. The van der Waals surface area contributed by atoms with Gasteiger partial charge in [-0.3, -0.25) is 4.98 Å². The molecule has 3 aromatic rings. The van der Waals surface area contributed by atoms with Crippen LogP contribution in [0.4, 0.5) is 0 Å². The smallest absolute Gasteiger partial charge is 0.0705 e. The molecule has 0 spiro atoms. The second kappa shape index (κ2) is 5.66. The number of pyridine rings is 1. The van der Waals surface area contributed by atoms with Crippen molar-refractivity contribution in [3.05, 3.63) is 77.0 Å². The first kappa shape index (κ1) is 13.8. The molecule has 0 radical (unpaired) electrons. The fourth-order valence-electron chi connectivity index (χ4n) is 2.80. The summed E-state index contributed by atoms with van der Waals surface area (Å²) in [4.78, 5) is 4.57. The van der Waals surface area contributed by atoms with E-state index in [2.05, 4.69) is 71.8 Å². The Balaban J connectivity index is 2.06. The van der Waals surface area contributed by atoms with Gasteiger partial charge in [-0.25, -0.2) is 0 Å². The highest BCUT2D eigenvalue weighted by Gasteiger charge is 2.12. The molecule has 1 heterocycles. The van der Waals surface area contributed by atoms with Crippen LogP contribution in [0, 0.1) is 13.8 Å². The Labute approximate surface area is 125 Å². The van der Waals surface area contributed by atoms with Gasteiger partial charge in [-0.05, 0) is 50.2 Å². The maximum atomic E-state index is 4.57. The molecular weight excluding hydrogens is 256 g/mol. The van der Waals surface area contributed by atoms with Crippen LogP contribution in [-0.2, 0) is 0 Å². The summed E-state index contributed by atoms with van der Waals surface area (Å²) in [5.74, 6) is 0. The number of nitrogens with zero attached hydrogens (tertiary/aromatic N) is 1. The van der Waals surface area contributed by atoms with E-state index < -0.39 is 0 Å². The number of nitrogens with one attached hydrogen (secondary N) is 1. The predicted molar refractivity (Wildman–Crippen MR) is 88.6 cm³/mol. The van der Waals surface area contributed by atoms with Crippen molar-refractivity contribution in [1.29, 1.82) is 0 Å². The van der Waals surface area contributed by atoms with E-state index in [0.717, 1.165) is 11.2 Å². The minimum atomic E-state index is 0.204. The van der Waals surface area contributed by atoms with Gasteiger partial charge in [0.25, 0.3) is 0 Å². The van der Waals surface area contributed by atoms with E-state index in [1.54, 1.807) is 0 Å². The van der Waals surface area contributed by atoms with Crippen molar-refractivity contribution >= 4 is 10.9 Å². The number of aryl methyl sites for hydroxylation is 2. The fourth-order valence-corrected chi connectivity index (χ4v) is 2.80. The topological polar surface area (TPSA) is 24.9 Å². The SMILES string of the molecule is CNC(c1cccc(C)c1)c1ccc2nc(C)ccc2c1. The molecule has 0 aliphatic rings. The molecule has 0 bridgehead atoms. The summed E-state index contributed by atoms with van der Waals surface area (Å²) in [5, 5.41) is 4.60. The van der Waals surface area contributed by atoms with Gasteiger partial charge in [-0.2, -0.15) is 0 Å². The number of hydrogen-bond acceptors (Lipinski definition) is 2. The first-order valence-electron chi connectivity index (χ1n) is 7.28. The van der Waals surface area contributed by atoms with Crippen LogP contribution in [-0.4, -0.2) is 12.0 Å². The Morgan fingerprint density at radius 3 is 2.48 bits per heavy atom. The molecule has 2 heteroatoms. The van der Waals surface area contributed by atoms with E-state index >= 15 is 0 Å². The number of aromatic nitrogens is 1. The first-order valence-corrected chi connectivity index (χ1v) is 7.28. The number of rotatable bonds is 3. The molecule has 0 amide bonds. The van der Waals surface area contributed by atoms with Gasteiger partial charge in [0.1, 0.15) is 0 Å². The molecule has 0 aliphatic carbocycles. The van der Waals surface area contributed by atoms with Gasteiger partial charge in [0, 0.05) is 11.1 Å². The standard InChI is InChI=1S/C19H20N2/c1-13-5-4-6-16(11-13)19(20-3)17-9-10-18-15(12-17)8-7-14(2)21-18/h4-12,19-20H,1-3H3. The van der Waals surface area contributed by atoms with Crippen LogP contribution in [0.5, 0.6) is 0 Å².